The predicted molar refractivity (Wildman–Crippen MR) is 125 cm³/mol. The summed E-state index contributed by atoms with van der Waals surface area (Å²) in [5.74, 6) is 1.03. The largest absolute Gasteiger partial charge is 0.474 e. The van der Waals surface area contributed by atoms with E-state index < -0.39 is 5.60 Å². The fraction of sp³-hybridized carbons (Fsp3) is 0.708. The van der Waals surface area contributed by atoms with Crippen molar-refractivity contribution < 1.29 is 19.4 Å². The number of carbonyl (C=O) groups is 1. The molecule has 1 amide bonds. The molecule has 32 heavy (non-hydrogen) atoms. The van der Waals surface area contributed by atoms with Gasteiger partial charge in [0.2, 0.25) is 5.88 Å². The molecule has 2 heterocycles. The SMILES string of the molecule is CCC1(NC(=O)OC(C)(C)C)CCC(Oc2ncnc3sc4c(c23)C(CCO)CC4)CC1. The zero-order valence-electron chi connectivity index (χ0n) is 19.6. The number of aryl methyl sites for hydroxylation is 1. The molecule has 1 atom stereocenters. The van der Waals surface area contributed by atoms with Crippen LogP contribution in [0.25, 0.3) is 10.2 Å². The summed E-state index contributed by atoms with van der Waals surface area (Å²) in [6.45, 7) is 7.94. The highest BCUT2D eigenvalue weighted by Gasteiger charge is 2.38. The number of aromatic nitrogens is 2. The van der Waals surface area contributed by atoms with Gasteiger partial charge in [0.05, 0.1) is 5.39 Å². The van der Waals surface area contributed by atoms with Crippen molar-refractivity contribution in [2.45, 2.75) is 102 Å². The third kappa shape index (κ3) is 4.86. The van der Waals surface area contributed by atoms with Crippen LogP contribution in [0.15, 0.2) is 6.33 Å². The average molecular weight is 462 g/mol. The number of carbonyl (C=O) groups excluding carboxylic acids is 1. The van der Waals surface area contributed by atoms with Crippen LogP contribution in [0, 0.1) is 0 Å². The molecule has 0 saturated heterocycles. The number of hydrogen-bond donors (Lipinski definition) is 2. The average Bonchev–Trinajstić information content (AvgIpc) is 3.28. The van der Waals surface area contributed by atoms with Gasteiger partial charge in [-0.05, 0) is 83.6 Å². The molecule has 8 heteroatoms. The first-order valence-corrected chi connectivity index (χ1v) is 12.6. The Morgan fingerprint density at radius 3 is 2.69 bits per heavy atom. The summed E-state index contributed by atoms with van der Waals surface area (Å²) < 4.78 is 11.9. The van der Waals surface area contributed by atoms with Crippen molar-refractivity contribution in [3.05, 3.63) is 16.8 Å². The van der Waals surface area contributed by atoms with Crippen molar-refractivity contribution in [1.82, 2.24) is 15.3 Å². The molecular formula is C24H35N3O4S. The molecule has 7 nitrogen and oxygen atoms in total. The molecule has 176 valence electrons. The molecule has 0 aromatic carbocycles. The van der Waals surface area contributed by atoms with E-state index in [1.807, 2.05) is 20.8 Å². The van der Waals surface area contributed by atoms with Crippen LogP contribution in [0.5, 0.6) is 5.88 Å². The lowest BCUT2D eigenvalue weighted by Crippen LogP contribution is -2.52. The van der Waals surface area contributed by atoms with Crippen molar-refractivity contribution in [2.24, 2.45) is 0 Å². The smallest absolute Gasteiger partial charge is 0.408 e. The van der Waals surface area contributed by atoms with E-state index in [0.29, 0.717) is 11.8 Å². The standard InChI is InChI=1S/C24H35N3O4S/c1-5-24(27-22(29)31-23(2,3)4)11-8-16(9-12-24)30-20-19-18-15(10-13-28)6-7-17(18)32-21(19)26-14-25-20/h14-16,28H,5-13H2,1-4H3,(H,27,29). The molecule has 2 N–H and O–H groups in total. The Hall–Kier alpha value is -1.93. The minimum Gasteiger partial charge on any atom is -0.474 e. The molecule has 0 spiro atoms. The third-order valence-corrected chi connectivity index (χ3v) is 7.96. The van der Waals surface area contributed by atoms with Crippen molar-refractivity contribution in [3.8, 4) is 5.88 Å². The predicted octanol–water partition coefficient (Wildman–Crippen LogP) is 5.10. The van der Waals surface area contributed by atoms with Crippen LogP contribution in [0.4, 0.5) is 4.79 Å². The van der Waals surface area contributed by atoms with Gasteiger partial charge in [0.25, 0.3) is 0 Å². The fourth-order valence-electron chi connectivity index (χ4n) is 5.08. The van der Waals surface area contributed by atoms with Gasteiger partial charge < -0.3 is 19.9 Å². The second-order valence-electron chi connectivity index (χ2n) is 10.1. The van der Waals surface area contributed by atoms with Crippen molar-refractivity contribution in [3.63, 3.8) is 0 Å². The van der Waals surface area contributed by atoms with Gasteiger partial charge >= 0.3 is 6.09 Å². The maximum absolute atomic E-state index is 12.4. The number of alkyl carbamates (subject to hydrolysis) is 1. The lowest BCUT2D eigenvalue weighted by Gasteiger charge is -2.40. The van der Waals surface area contributed by atoms with Gasteiger partial charge in [-0.25, -0.2) is 14.8 Å². The first kappa shape index (κ1) is 23.2. The van der Waals surface area contributed by atoms with Gasteiger partial charge in [-0.2, -0.15) is 0 Å². The molecule has 0 bridgehead atoms. The van der Waals surface area contributed by atoms with E-state index >= 15 is 0 Å². The maximum Gasteiger partial charge on any atom is 0.408 e. The van der Waals surface area contributed by atoms with Crippen LogP contribution in [0.1, 0.15) is 89.0 Å². The van der Waals surface area contributed by atoms with Gasteiger partial charge in [-0.3, -0.25) is 0 Å². The first-order valence-electron chi connectivity index (χ1n) is 11.8. The summed E-state index contributed by atoms with van der Waals surface area (Å²) in [6.07, 6.45) is 8.43. The molecule has 0 aliphatic heterocycles. The van der Waals surface area contributed by atoms with Gasteiger partial charge in [0.1, 0.15) is 22.9 Å². The van der Waals surface area contributed by atoms with Gasteiger partial charge in [-0.15, -0.1) is 11.3 Å². The normalized spacial score (nSPS) is 25.5. The lowest BCUT2D eigenvalue weighted by molar-refractivity contribution is 0.0355. The molecule has 2 aliphatic rings. The number of nitrogens with zero attached hydrogens (tertiary/aromatic N) is 2. The van der Waals surface area contributed by atoms with E-state index in [2.05, 4.69) is 22.2 Å². The van der Waals surface area contributed by atoms with E-state index in [9.17, 15) is 9.90 Å². The van der Waals surface area contributed by atoms with Gasteiger partial charge in [0.15, 0.2) is 0 Å². The molecule has 1 saturated carbocycles. The van der Waals surface area contributed by atoms with Crippen molar-refractivity contribution in [1.29, 1.82) is 0 Å². The molecule has 0 radical (unpaired) electrons. The number of nitrogens with one attached hydrogen (secondary N) is 1. The maximum atomic E-state index is 12.4. The van der Waals surface area contributed by atoms with Gasteiger partial charge in [0, 0.05) is 17.0 Å². The van der Waals surface area contributed by atoms with Crippen LogP contribution in [-0.4, -0.2) is 45.0 Å². The van der Waals surface area contributed by atoms with Crippen molar-refractivity contribution in [2.75, 3.05) is 6.61 Å². The highest BCUT2D eigenvalue weighted by molar-refractivity contribution is 7.19. The van der Waals surface area contributed by atoms with Gasteiger partial charge in [-0.1, -0.05) is 6.92 Å². The Kier molecular flexibility index (Phi) is 6.63. The number of thiophene rings is 1. The Morgan fingerprint density at radius 2 is 2.03 bits per heavy atom. The number of amides is 1. The minimum absolute atomic E-state index is 0.0569. The van der Waals surface area contributed by atoms with Crippen LogP contribution in [0.2, 0.25) is 0 Å². The minimum atomic E-state index is -0.508. The van der Waals surface area contributed by atoms with E-state index in [1.165, 1.54) is 10.4 Å². The number of hydrogen-bond acceptors (Lipinski definition) is 7. The third-order valence-electron chi connectivity index (χ3n) is 6.78. The van der Waals surface area contributed by atoms with Crippen molar-refractivity contribution >= 4 is 27.6 Å². The fourth-order valence-corrected chi connectivity index (χ4v) is 6.31. The zero-order valence-corrected chi connectivity index (χ0v) is 20.4. The topological polar surface area (TPSA) is 93.6 Å². The molecule has 2 aliphatic carbocycles. The Bertz CT molecular complexity index is 960. The van der Waals surface area contributed by atoms with Crippen LogP contribution < -0.4 is 10.1 Å². The van der Waals surface area contributed by atoms with E-state index in [-0.39, 0.29) is 24.3 Å². The summed E-state index contributed by atoms with van der Waals surface area (Å²) in [4.78, 5) is 23.7. The van der Waals surface area contributed by atoms with E-state index in [0.717, 1.165) is 61.6 Å². The van der Waals surface area contributed by atoms with E-state index in [1.54, 1.807) is 17.7 Å². The Labute approximate surface area is 193 Å². The molecule has 2 aromatic heterocycles. The van der Waals surface area contributed by atoms with E-state index in [4.69, 9.17) is 9.47 Å². The number of rotatable bonds is 6. The number of fused-ring (bicyclic) bond motifs is 3. The summed E-state index contributed by atoms with van der Waals surface area (Å²) in [7, 11) is 0. The number of aliphatic hydroxyl groups excluding tert-OH is 1. The first-order chi connectivity index (χ1) is 15.2. The summed E-state index contributed by atoms with van der Waals surface area (Å²) in [5.41, 5.74) is 0.533. The Balaban J connectivity index is 1.46. The molecule has 4 rings (SSSR count). The molecule has 1 unspecified atom stereocenters. The molecule has 2 aromatic rings. The highest BCUT2D eigenvalue weighted by atomic mass is 32.1. The van der Waals surface area contributed by atoms with Crippen LogP contribution in [0.3, 0.4) is 0 Å². The molecular weight excluding hydrogens is 426 g/mol. The summed E-state index contributed by atoms with van der Waals surface area (Å²) in [5, 5.41) is 13.7. The monoisotopic (exact) mass is 461 g/mol. The second-order valence-corrected chi connectivity index (χ2v) is 11.2. The Morgan fingerprint density at radius 1 is 1.28 bits per heavy atom. The van der Waals surface area contributed by atoms with Crippen LogP contribution >= 0.6 is 11.3 Å². The number of aliphatic hydroxyl groups is 1. The highest BCUT2D eigenvalue weighted by Crippen LogP contribution is 2.47. The summed E-state index contributed by atoms with van der Waals surface area (Å²) in [6, 6.07) is 0. The van der Waals surface area contributed by atoms with Crippen LogP contribution in [-0.2, 0) is 11.2 Å². The zero-order chi connectivity index (χ0) is 22.9. The number of ether oxygens (including phenoxy) is 2. The quantitative estimate of drug-likeness (QED) is 0.622. The molecule has 1 fully saturated rings. The summed E-state index contributed by atoms with van der Waals surface area (Å²) >= 11 is 1.73. The lowest BCUT2D eigenvalue weighted by atomic mass is 9.78. The second kappa shape index (κ2) is 9.14.